The summed E-state index contributed by atoms with van der Waals surface area (Å²) in [5, 5.41) is 8.74. The number of allylic oxidation sites excluding steroid dienone is 1. The summed E-state index contributed by atoms with van der Waals surface area (Å²) < 4.78 is 0. The maximum Gasteiger partial charge on any atom is 0.0809 e. The topological polar surface area (TPSA) is 20.2 Å². The van der Waals surface area contributed by atoms with Gasteiger partial charge >= 0.3 is 0 Å². The van der Waals surface area contributed by atoms with E-state index in [4.69, 9.17) is 5.11 Å². The molecule has 0 saturated heterocycles. The molecule has 0 aromatic heterocycles. The molecule has 0 saturated carbocycles. The summed E-state index contributed by atoms with van der Waals surface area (Å²) in [7, 11) is -1.24. The first-order valence-corrected chi connectivity index (χ1v) is 6.25. The third-order valence-corrected chi connectivity index (χ3v) is 3.37. The van der Waals surface area contributed by atoms with Crippen LogP contribution in [0.25, 0.3) is 0 Å². The SMILES string of the molecule is C=CC[Si](C)(C)CO. The molecule has 0 radical (unpaired) electrons. The van der Waals surface area contributed by atoms with Gasteiger partial charge in [0.1, 0.15) is 0 Å². The van der Waals surface area contributed by atoms with E-state index >= 15 is 0 Å². The summed E-state index contributed by atoms with van der Waals surface area (Å²) >= 11 is 0. The van der Waals surface area contributed by atoms with Gasteiger partial charge in [-0.1, -0.05) is 19.2 Å². The minimum Gasteiger partial charge on any atom is -0.400 e. The number of hydrogen-bond acceptors (Lipinski definition) is 1. The van der Waals surface area contributed by atoms with Crippen LogP contribution in [0.4, 0.5) is 0 Å². The van der Waals surface area contributed by atoms with E-state index in [9.17, 15) is 0 Å². The smallest absolute Gasteiger partial charge is 0.0809 e. The zero-order valence-electron chi connectivity index (χ0n) is 5.65. The van der Waals surface area contributed by atoms with Gasteiger partial charge in [0.15, 0.2) is 0 Å². The fourth-order valence-corrected chi connectivity index (χ4v) is 1.37. The zero-order chi connectivity index (χ0) is 6.62. The second-order valence-corrected chi connectivity index (χ2v) is 7.87. The molecule has 0 fully saturated rings. The summed E-state index contributed by atoms with van der Waals surface area (Å²) in [5.41, 5.74) is 0. The average molecular weight is 130 g/mol. The van der Waals surface area contributed by atoms with Gasteiger partial charge < -0.3 is 5.11 Å². The molecular formula is C6H14OSi. The summed E-state index contributed by atoms with van der Waals surface area (Å²) in [6.45, 7) is 7.91. The number of aliphatic hydroxyl groups excluding tert-OH is 1. The molecule has 0 bridgehead atoms. The molecule has 0 spiro atoms. The van der Waals surface area contributed by atoms with Crippen LogP contribution in [-0.4, -0.2) is 19.4 Å². The summed E-state index contributed by atoms with van der Waals surface area (Å²) in [4.78, 5) is 0. The van der Waals surface area contributed by atoms with Gasteiger partial charge in [-0.2, -0.15) is 0 Å². The minimum atomic E-state index is -1.24. The first kappa shape index (κ1) is 7.92. The van der Waals surface area contributed by atoms with Crippen LogP contribution in [0.1, 0.15) is 0 Å². The van der Waals surface area contributed by atoms with Crippen molar-refractivity contribution in [2.45, 2.75) is 19.1 Å². The fourth-order valence-electron chi connectivity index (χ4n) is 0.455. The molecule has 1 N–H and O–H groups in total. The van der Waals surface area contributed by atoms with Gasteiger partial charge in [-0.05, 0) is 6.04 Å². The van der Waals surface area contributed by atoms with Crippen molar-refractivity contribution < 1.29 is 5.11 Å². The van der Waals surface area contributed by atoms with Crippen molar-refractivity contribution in [3.8, 4) is 0 Å². The van der Waals surface area contributed by atoms with Crippen LogP contribution in [0.5, 0.6) is 0 Å². The van der Waals surface area contributed by atoms with Gasteiger partial charge in [-0.15, -0.1) is 6.58 Å². The van der Waals surface area contributed by atoms with Gasteiger partial charge in [0.2, 0.25) is 0 Å². The van der Waals surface area contributed by atoms with Gasteiger partial charge in [0.05, 0.1) is 8.07 Å². The predicted molar refractivity (Wildman–Crippen MR) is 39.6 cm³/mol. The lowest BCUT2D eigenvalue weighted by atomic mass is 10.8. The third-order valence-electron chi connectivity index (χ3n) is 1.12. The first-order chi connectivity index (χ1) is 3.62. The van der Waals surface area contributed by atoms with Crippen molar-refractivity contribution in [1.82, 2.24) is 0 Å². The Hall–Kier alpha value is -0.0831. The molecule has 0 heterocycles. The second kappa shape index (κ2) is 3.05. The Morgan fingerprint density at radius 2 is 2.12 bits per heavy atom. The van der Waals surface area contributed by atoms with Crippen LogP contribution in [0.3, 0.4) is 0 Å². The summed E-state index contributed by atoms with van der Waals surface area (Å²) in [5.74, 6) is 0. The van der Waals surface area contributed by atoms with Crippen molar-refractivity contribution >= 4 is 8.07 Å². The van der Waals surface area contributed by atoms with Crippen LogP contribution in [-0.2, 0) is 0 Å². The quantitative estimate of drug-likeness (QED) is 0.452. The highest BCUT2D eigenvalue weighted by Gasteiger charge is 2.15. The van der Waals surface area contributed by atoms with Gasteiger partial charge in [0, 0.05) is 6.23 Å². The van der Waals surface area contributed by atoms with Crippen molar-refractivity contribution in [2.75, 3.05) is 6.23 Å². The highest BCUT2D eigenvalue weighted by atomic mass is 28.3. The lowest BCUT2D eigenvalue weighted by molar-refractivity contribution is 0.358. The van der Waals surface area contributed by atoms with Gasteiger partial charge in [-0.3, -0.25) is 0 Å². The summed E-state index contributed by atoms with van der Waals surface area (Å²) in [6.07, 6.45) is 2.27. The molecule has 0 rings (SSSR count). The molecule has 0 aliphatic heterocycles. The van der Waals surface area contributed by atoms with E-state index in [0.717, 1.165) is 6.04 Å². The normalized spacial score (nSPS) is 11.4. The van der Waals surface area contributed by atoms with Crippen molar-refractivity contribution in [3.05, 3.63) is 12.7 Å². The molecule has 0 atom stereocenters. The van der Waals surface area contributed by atoms with Gasteiger partial charge in [0.25, 0.3) is 0 Å². The van der Waals surface area contributed by atoms with Gasteiger partial charge in [-0.25, -0.2) is 0 Å². The monoisotopic (exact) mass is 130 g/mol. The van der Waals surface area contributed by atoms with Crippen molar-refractivity contribution in [2.24, 2.45) is 0 Å². The van der Waals surface area contributed by atoms with E-state index < -0.39 is 8.07 Å². The van der Waals surface area contributed by atoms with E-state index in [1.54, 1.807) is 0 Å². The maximum absolute atomic E-state index is 8.74. The van der Waals surface area contributed by atoms with Crippen molar-refractivity contribution in [3.63, 3.8) is 0 Å². The van der Waals surface area contributed by atoms with Crippen LogP contribution >= 0.6 is 0 Å². The minimum absolute atomic E-state index is 0.374. The van der Waals surface area contributed by atoms with E-state index in [1.807, 2.05) is 6.08 Å². The van der Waals surface area contributed by atoms with Crippen molar-refractivity contribution in [1.29, 1.82) is 0 Å². The Kier molecular flexibility index (Phi) is 3.01. The predicted octanol–water partition coefficient (Wildman–Crippen LogP) is 1.41. The average Bonchev–Trinajstić information content (AvgIpc) is 1.67. The fraction of sp³-hybridized carbons (Fsp3) is 0.667. The van der Waals surface area contributed by atoms with E-state index in [0.29, 0.717) is 6.23 Å². The highest BCUT2D eigenvalue weighted by Crippen LogP contribution is 2.06. The van der Waals surface area contributed by atoms with E-state index in [2.05, 4.69) is 19.7 Å². The first-order valence-electron chi connectivity index (χ1n) is 2.84. The number of hydrogen-bond donors (Lipinski definition) is 1. The molecule has 0 aliphatic carbocycles. The molecular weight excluding hydrogens is 116 g/mol. The molecule has 0 unspecified atom stereocenters. The van der Waals surface area contributed by atoms with E-state index in [-0.39, 0.29) is 0 Å². The van der Waals surface area contributed by atoms with E-state index in [1.165, 1.54) is 0 Å². The molecule has 2 heteroatoms. The summed E-state index contributed by atoms with van der Waals surface area (Å²) in [6, 6.07) is 1.02. The lowest BCUT2D eigenvalue weighted by Crippen LogP contribution is -2.29. The molecule has 0 aliphatic rings. The Morgan fingerprint density at radius 3 is 2.25 bits per heavy atom. The van der Waals surface area contributed by atoms with Crippen LogP contribution < -0.4 is 0 Å². The number of rotatable bonds is 3. The standard InChI is InChI=1S/C6H14OSi/c1-4-5-8(2,3)6-7/h4,7H,1,5-6H2,2-3H3. The van der Waals surface area contributed by atoms with Crippen LogP contribution in [0, 0.1) is 0 Å². The maximum atomic E-state index is 8.74. The Balaban J connectivity index is 3.53. The van der Waals surface area contributed by atoms with Crippen LogP contribution in [0.2, 0.25) is 19.1 Å². The van der Waals surface area contributed by atoms with Crippen LogP contribution in [0.15, 0.2) is 12.7 Å². The largest absolute Gasteiger partial charge is 0.400 e. The second-order valence-electron chi connectivity index (χ2n) is 2.82. The Labute approximate surface area is 52.0 Å². The third kappa shape index (κ3) is 2.99. The molecule has 0 amide bonds. The Morgan fingerprint density at radius 1 is 1.62 bits per heavy atom. The molecule has 0 aromatic rings. The highest BCUT2D eigenvalue weighted by molar-refractivity contribution is 6.77. The lowest BCUT2D eigenvalue weighted by Gasteiger charge is -2.14. The molecule has 48 valence electrons. The molecule has 0 aromatic carbocycles. The zero-order valence-corrected chi connectivity index (χ0v) is 6.65. The number of aliphatic hydroxyl groups is 1. The molecule has 8 heavy (non-hydrogen) atoms. The Bertz CT molecular complexity index is 78.6. The molecule has 1 nitrogen and oxygen atoms in total.